The van der Waals surface area contributed by atoms with Crippen LogP contribution in [0.2, 0.25) is 0 Å². The van der Waals surface area contributed by atoms with Crippen LogP contribution >= 0.6 is 0 Å². The SMILES string of the molecule is FC(F)(F)c1cccc(-n2nc3ccccc3n2)c1. The Morgan fingerprint density at radius 2 is 1.47 bits per heavy atom. The molecule has 0 saturated heterocycles. The van der Waals surface area contributed by atoms with E-state index in [4.69, 9.17) is 0 Å². The van der Waals surface area contributed by atoms with Crippen LogP contribution in [0.3, 0.4) is 0 Å². The third-order valence-corrected chi connectivity index (χ3v) is 2.69. The number of alkyl halides is 3. The molecule has 6 heteroatoms. The normalized spacial score (nSPS) is 11.9. The number of benzene rings is 2. The van der Waals surface area contributed by atoms with E-state index < -0.39 is 11.7 Å². The van der Waals surface area contributed by atoms with Gasteiger partial charge in [0.2, 0.25) is 0 Å². The molecule has 0 atom stereocenters. The number of hydrogen-bond donors (Lipinski definition) is 0. The Labute approximate surface area is 106 Å². The monoisotopic (exact) mass is 263 g/mol. The van der Waals surface area contributed by atoms with Gasteiger partial charge in [-0.25, -0.2) is 0 Å². The maximum Gasteiger partial charge on any atom is 0.416 e. The fourth-order valence-electron chi connectivity index (χ4n) is 1.78. The van der Waals surface area contributed by atoms with Crippen LogP contribution in [0.4, 0.5) is 13.2 Å². The van der Waals surface area contributed by atoms with Crippen molar-refractivity contribution >= 4 is 11.0 Å². The predicted molar refractivity (Wildman–Crippen MR) is 63.9 cm³/mol. The topological polar surface area (TPSA) is 30.7 Å². The molecule has 0 bridgehead atoms. The Morgan fingerprint density at radius 1 is 0.842 bits per heavy atom. The Hall–Kier alpha value is -2.37. The molecule has 0 unspecified atom stereocenters. The van der Waals surface area contributed by atoms with Gasteiger partial charge in [0.25, 0.3) is 0 Å². The average molecular weight is 263 g/mol. The van der Waals surface area contributed by atoms with Gasteiger partial charge in [0.15, 0.2) is 0 Å². The lowest BCUT2D eigenvalue weighted by Crippen LogP contribution is -2.07. The summed E-state index contributed by atoms with van der Waals surface area (Å²) in [6.07, 6.45) is -4.37. The minimum atomic E-state index is -4.37. The second kappa shape index (κ2) is 4.08. The van der Waals surface area contributed by atoms with Gasteiger partial charge in [0.05, 0.1) is 11.3 Å². The summed E-state index contributed by atoms with van der Waals surface area (Å²) in [7, 11) is 0. The van der Waals surface area contributed by atoms with Gasteiger partial charge in [-0.3, -0.25) is 0 Å². The zero-order valence-electron chi connectivity index (χ0n) is 9.59. The van der Waals surface area contributed by atoms with E-state index in [1.54, 1.807) is 24.3 Å². The van der Waals surface area contributed by atoms with E-state index in [0.717, 1.165) is 12.1 Å². The molecular formula is C13H8F3N3. The minimum absolute atomic E-state index is 0.283. The summed E-state index contributed by atoms with van der Waals surface area (Å²) in [5, 5.41) is 8.29. The first-order valence-electron chi connectivity index (χ1n) is 5.54. The third kappa shape index (κ3) is 2.16. The van der Waals surface area contributed by atoms with Gasteiger partial charge in [-0.1, -0.05) is 18.2 Å². The predicted octanol–water partition coefficient (Wildman–Crippen LogP) is 3.44. The molecule has 0 N–H and O–H groups in total. The molecule has 96 valence electrons. The summed E-state index contributed by atoms with van der Waals surface area (Å²) < 4.78 is 37.9. The minimum Gasteiger partial charge on any atom is -0.166 e. The summed E-state index contributed by atoms with van der Waals surface area (Å²) in [5.41, 5.74) is 0.845. The molecule has 3 aromatic rings. The van der Waals surface area contributed by atoms with E-state index >= 15 is 0 Å². The van der Waals surface area contributed by atoms with Crippen LogP contribution in [0.1, 0.15) is 5.56 Å². The molecule has 19 heavy (non-hydrogen) atoms. The van der Waals surface area contributed by atoms with Crippen molar-refractivity contribution in [3.63, 3.8) is 0 Å². The molecule has 0 spiro atoms. The second-order valence-electron chi connectivity index (χ2n) is 4.03. The number of fused-ring (bicyclic) bond motifs is 1. The average Bonchev–Trinajstić information content (AvgIpc) is 2.81. The van der Waals surface area contributed by atoms with Crippen LogP contribution in [0.5, 0.6) is 0 Å². The molecule has 2 aromatic carbocycles. The number of halogens is 3. The smallest absolute Gasteiger partial charge is 0.166 e. The lowest BCUT2D eigenvalue weighted by Gasteiger charge is -2.07. The molecule has 3 nitrogen and oxygen atoms in total. The van der Waals surface area contributed by atoms with Gasteiger partial charge >= 0.3 is 6.18 Å². The lowest BCUT2D eigenvalue weighted by molar-refractivity contribution is -0.137. The number of nitrogens with zero attached hydrogens (tertiary/aromatic N) is 3. The van der Waals surface area contributed by atoms with Crippen molar-refractivity contribution in [2.45, 2.75) is 6.18 Å². The summed E-state index contributed by atoms with van der Waals surface area (Å²) in [6.45, 7) is 0. The lowest BCUT2D eigenvalue weighted by atomic mass is 10.2. The number of rotatable bonds is 1. The highest BCUT2D eigenvalue weighted by Gasteiger charge is 2.30. The van der Waals surface area contributed by atoms with Gasteiger partial charge < -0.3 is 0 Å². The molecule has 0 radical (unpaired) electrons. The van der Waals surface area contributed by atoms with Crippen molar-refractivity contribution in [3.05, 3.63) is 54.1 Å². The fraction of sp³-hybridized carbons (Fsp3) is 0.0769. The fourth-order valence-corrected chi connectivity index (χ4v) is 1.78. The molecule has 0 aliphatic rings. The highest BCUT2D eigenvalue weighted by atomic mass is 19.4. The molecule has 0 amide bonds. The van der Waals surface area contributed by atoms with Gasteiger partial charge in [-0.15, -0.1) is 10.2 Å². The van der Waals surface area contributed by atoms with Crippen LogP contribution in [0.25, 0.3) is 16.7 Å². The molecule has 0 aliphatic heterocycles. The van der Waals surface area contributed by atoms with Crippen LogP contribution in [-0.2, 0) is 6.18 Å². The molecular weight excluding hydrogens is 255 g/mol. The standard InChI is InChI=1S/C13H8F3N3/c14-13(15,16)9-4-3-5-10(8-9)19-17-11-6-1-2-7-12(11)18-19/h1-8H. The maximum atomic E-state index is 12.6. The summed E-state index contributed by atoms with van der Waals surface area (Å²) in [5.74, 6) is 0. The first-order chi connectivity index (χ1) is 9.04. The largest absolute Gasteiger partial charge is 0.416 e. The highest BCUT2D eigenvalue weighted by Crippen LogP contribution is 2.30. The van der Waals surface area contributed by atoms with E-state index in [1.165, 1.54) is 16.9 Å². The van der Waals surface area contributed by atoms with E-state index in [2.05, 4.69) is 10.2 Å². The van der Waals surface area contributed by atoms with E-state index in [-0.39, 0.29) is 5.69 Å². The van der Waals surface area contributed by atoms with Gasteiger partial charge in [-0.05, 0) is 30.3 Å². The first kappa shape index (κ1) is 11.7. The molecule has 1 heterocycles. The zero-order chi connectivity index (χ0) is 13.5. The third-order valence-electron chi connectivity index (χ3n) is 2.69. The van der Waals surface area contributed by atoms with Crippen LogP contribution in [0, 0.1) is 0 Å². The van der Waals surface area contributed by atoms with Crippen molar-refractivity contribution in [1.29, 1.82) is 0 Å². The van der Waals surface area contributed by atoms with Crippen molar-refractivity contribution in [2.75, 3.05) is 0 Å². The first-order valence-corrected chi connectivity index (χ1v) is 5.54. The van der Waals surface area contributed by atoms with E-state index in [1.807, 2.05) is 0 Å². The molecule has 0 saturated carbocycles. The zero-order valence-corrected chi connectivity index (χ0v) is 9.59. The molecule has 0 aliphatic carbocycles. The van der Waals surface area contributed by atoms with Crippen molar-refractivity contribution in [3.8, 4) is 5.69 Å². The van der Waals surface area contributed by atoms with Crippen molar-refractivity contribution < 1.29 is 13.2 Å². The Balaban J connectivity index is 2.11. The van der Waals surface area contributed by atoms with Gasteiger partial charge in [0, 0.05) is 0 Å². The second-order valence-corrected chi connectivity index (χ2v) is 4.03. The maximum absolute atomic E-state index is 12.6. The number of aromatic nitrogens is 3. The van der Waals surface area contributed by atoms with Crippen LogP contribution in [-0.4, -0.2) is 15.0 Å². The Bertz CT molecular complexity index is 698. The molecule has 0 fully saturated rings. The van der Waals surface area contributed by atoms with E-state index in [9.17, 15) is 13.2 Å². The number of hydrogen-bond acceptors (Lipinski definition) is 2. The Morgan fingerprint density at radius 3 is 2.05 bits per heavy atom. The van der Waals surface area contributed by atoms with E-state index in [0.29, 0.717) is 11.0 Å². The van der Waals surface area contributed by atoms with Gasteiger partial charge in [0.1, 0.15) is 11.0 Å². The quantitative estimate of drug-likeness (QED) is 0.673. The summed E-state index contributed by atoms with van der Waals surface area (Å²) in [6, 6.07) is 12.0. The van der Waals surface area contributed by atoms with Crippen molar-refractivity contribution in [2.24, 2.45) is 0 Å². The van der Waals surface area contributed by atoms with Crippen LogP contribution in [0.15, 0.2) is 48.5 Å². The Kier molecular flexibility index (Phi) is 2.51. The summed E-state index contributed by atoms with van der Waals surface area (Å²) >= 11 is 0. The molecule has 3 rings (SSSR count). The summed E-state index contributed by atoms with van der Waals surface area (Å²) in [4.78, 5) is 1.21. The highest BCUT2D eigenvalue weighted by molar-refractivity contribution is 5.73. The van der Waals surface area contributed by atoms with Crippen LogP contribution < -0.4 is 0 Å². The molecule has 1 aromatic heterocycles. The van der Waals surface area contributed by atoms with Gasteiger partial charge in [-0.2, -0.15) is 18.0 Å². The van der Waals surface area contributed by atoms with Crippen molar-refractivity contribution in [1.82, 2.24) is 15.0 Å².